The van der Waals surface area contributed by atoms with Crippen LogP contribution in [0, 0.1) is 5.82 Å². The summed E-state index contributed by atoms with van der Waals surface area (Å²) in [5, 5.41) is 2.58. The van der Waals surface area contributed by atoms with Gasteiger partial charge in [0, 0.05) is 33.8 Å². The molecule has 0 saturated carbocycles. The predicted molar refractivity (Wildman–Crippen MR) is 97.2 cm³/mol. The van der Waals surface area contributed by atoms with Crippen LogP contribution in [0.4, 0.5) is 4.39 Å². The molecule has 3 aromatic rings. The van der Waals surface area contributed by atoms with Crippen LogP contribution in [0.25, 0.3) is 11.0 Å². The number of pyridine rings is 1. The molecular formula is C18H17FN4O4. The molecule has 1 amide bonds. The molecule has 0 aliphatic carbocycles. The standard InChI is InChI=1S/C18H17FN4O4/c1-21-13(24)8-12(14-16(21)22(2)18(27)23(3)17(14)26)15(25)20-9-10-4-6-11(19)7-5-10/h4-8H,9H2,1-3H3,(H,20,25). The molecule has 1 N–H and O–H groups in total. The third-order valence-corrected chi connectivity index (χ3v) is 4.43. The third-order valence-electron chi connectivity index (χ3n) is 4.43. The van der Waals surface area contributed by atoms with Crippen LogP contribution in [0.3, 0.4) is 0 Å². The second-order valence-corrected chi connectivity index (χ2v) is 6.17. The first-order chi connectivity index (χ1) is 12.7. The molecule has 0 aliphatic heterocycles. The van der Waals surface area contributed by atoms with E-state index in [9.17, 15) is 23.6 Å². The summed E-state index contributed by atoms with van der Waals surface area (Å²) >= 11 is 0. The first-order valence-electron chi connectivity index (χ1n) is 8.04. The number of benzene rings is 1. The van der Waals surface area contributed by atoms with Gasteiger partial charge in [-0.15, -0.1) is 0 Å². The summed E-state index contributed by atoms with van der Waals surface area (Å²) in [5.41, 5.74) is -1.22. The van der Waals surface area contributed by atoms with E-state index in [4.69, 9.17) is 0 Å². The SMILES string of the molecule is Cn1c(=O)c2c(C(=O)NCc3ccc(F)cc3)cc(=O)n(C)c2n(C)c1=O. The molecule has 3 rings (SSSR count). The Kier molecular flexibility index (Phi) is 4.52. The molecule has 0 bridgehead atoms. The van der Waals surface area contributed by atoms with E-state index in [2.05, 4.69) is 5.32 Å². The highest BCUT2D eigenvalue weighted by molar-refractivity contribution is 6.05. The van der Waals surface area contributed by atoms with Gasteiger partial charge < -0.3 is 5.32 Å². The van der Waals surface area contributed by atoms with Crippen molar-refractivity contribution in [3.8, 4) is 0 Å². The average molecular weight is 372 g/mol. The van der Waals surface area contributed by atoms with Crippen molar-refractivity contribution in [1.82, 2.24) is 19.0 Å². The first-order valence-corrected chi connectivity index (χ1v) is 8.04. The number of hydrogen-bond acceptors (Lipinski definition) is 4. The molecule has 2 aromatic heterocycles. The summed E-state index contributed by atoms with van der Waals surface area (Å²) in [6, 6.07) is 6.62. The lowest BCUT2D eigenvalue weighted by Crippen LogP contribution is -2.41. The quantitative estimate of drug-likeness (QED) is 0.700. The van der Waals surface area contributed by atoms with Crippen molar-refractivity contribution < 1.29 is 9.18 Å². The Morgan fingerprint density at radius 1 is 1.00 bits per heavy atom. The van der Waals surface area contributed by atoms with Crippen LogP contribution in [0.15, 0.2) is 44.7 Å². The predicted octanol–water partition coefficient (Wildman–Crippen LogP) is 0.00500. The molecule has 1 aromatic carbocycles. The monoisotopic (exact) mass is 372 g/mol. The number of nitrogens with zero attached hydrogens (tertiary/aromatic N) is 3. The molecule has 0 radical (unpaired) electrons. The highest BCUT2D eigenvalue weighted by Crippen LogP contribution is 2.11. The van der Waals surface area contributed by atoms with Crippen LogP contribution in [-0.2, 0) is 27.7 Å². The Bertz CT molecular complexity index is 1240. The van der Waals surface area contributed by atoms with E-state index in [0.29, 0.717) is 5.56 Å². The van der Waals surface area contributed by atoms with Gasteiger partial charge in [-0.1, -0.05) is 12.1 Å². The van der Waals surface area contributed by atoms with Crippen LogP contribution in [0.1, 0.15) is 15.9 Å². The Morgan fingerprint density at radius 3 is 2.26 bits per heavy atom. The van der Waals surface area contributed by atoms with Crippen molar-refractivity contribution in [2.75, 3.05) is 0 Å². The normalized spacial score (nSPS) is 11.0. The van der Waals surface area contributed by atoms with Gasteiger partial charge in [0.05, 0.1) is 10.9 Å². The Balaban J connectivity index is 2.14. The van der Waals surface area contributed by atoms with E-state index in [1.54, 1.807) is 0 Å². The molecule has 0 aliphatic rings. The summed E-state index contributed by atoms with van der Waals surface area (Å²) < 4.78 is 16.1. The molecule has 0 atom stereocenters. The third kappa shape index (κ3) is 3.07. The molecule has 0 fully saturated rings. The van der Waals surface area contributed by atoms with Gasteiger partial charge in [-0.25, -0.2) is 9.18 Å². The number of aryl methyl sites for hydroxylation is 2. The number of aromatic nitrogens is 3. The maximum atomic E-state index is 13.0. The van der Waals surface area contributed by atoms with Gasteiger partial charge >= 0.3 is 5.69 Å². The zero-order valence-corrected chi connectivity index (χ0v) is 14.9. The fourth-order valence-corrected chi connectivity index (χ4v) is 2.92. The number of rotatable bonds is 3. The van der Waals surface area contributed by atoms with Crippen LogP contribution < -0.4 is 22.1 Å². The lowest BCUT2D eigenvalue weighted by molar-refractivity contribution is 0.0952. The number of amides is 1. The Labute approximate surface area is 152 Å². The van der Waals surface area contributed by atoms with Gasteiger partial charge in [0.25, 0.3) is 17.0 Å². The van der Waals surface area contributed by atoms with Gasteiger partial charge in [-0.2, -0.15) is 0 Å². The van der Waals surface area contributed by atoms with Crippen molar-refractivity contribution in [1.29, 1.82) is 0 Å². The van der Waals surface area contributed by atoms with Crippen molar-refractivity contribution >= 4 is 16.9 Å². The van der Waals surface area contributed by atoms with E-state index < -0.39 is 28.5 Å². The molecule has 0 spiro atoms. The van der Waals surface area contributed by atoms with Gasteiger partial charge in [0.2, 0.25) is 0 Å². The van der Waals surface area contributed by atoms with Crippen LogP contribution in [0.2, 0.25) is 0 Å². The van der Waals surface area contributed by atoms with Crippen molar-refractivity contribution in [2.24, 2.45) is 21.1 Å². The number of carbonyl (C=O) groups excluding carboxylic acids is 1. The maximum absolute atomic E-state index is 13.0. The lowest BCUT2D eigenvalue weighted by Gasteiger charge is -2.14. The fourth-order valence-electron chi connectivity index (χ4n) is 2.92. The second-order valence-electron chi connectivity index (χ2n) is 6.17. The Morgan fingerprint density at radius 2 is 1.63 bits per heavy atom. The minimum absolute atomic E-state index is 0.0293. The zero-order valence-electron chi connectivity index (χ0n) is 14.9. The minimum atomic E-state index is -0.671. The molecule has 140 valence electrons. The number of hydrogen-bond donors (Lipinski definition) is 1. The fraction of sp³-hybridized carbons (Fsp3) is 0.222. The van der Waals surface area contributed by atoms with Crippen LogP contribution in [0.5, 0.6) is 0 Å². The van der Waals surface area contributed by atoms with Crippen molar-refractivity contribution in [3.63, 3.8) is 0 Å². The van der Waals surface area contributed by atoms with Gasteiger partial charge in [0.15, 0.2) is 0 Å². The number of nitrogens with one attached hydrogen (secondary N) is 1. The topological polar surface area (TPSA) is 95.1 Å². The number of halogens is 1. The summed E-state index contributed by atoms with van der Waals surface area (Å²) in [6.07, 6.45) is 0. The van der Waals surface area contributed by atoms with Crippen LogP contribution in [-0.4, -0.2) is 19.6 Å². The minimum Gasteiger partial charge on any atom is -0.348 e. The second kappa shape index (κ2) is 6.67. The largest absolute Gasteiger partial charge is 0.348 e. The smallest absolute Gasteiger partial charge is 0.332 e. The van der Waals surface area contributed by atoms with Crippen molar-refractivity contribution in [3.05, 3.63) is 78.5 Å². The average Bonchev–Trinajstić information content (AvgIpc) is 2.65. The van der Waals surface area contributed by atoms with E-state index in [1.165, 1.54) is 45.4 Å². The molecular weight excluding hydrogens is 355 g/mol. The summed E-state index contributed by atoms with van der Waals surface area (Å²) in [7, 11) is 4.14. The molecule has 9 heteroatoms. The summed E-state index contributed by atoms with van der Waals surface area (Å²) in [4.78, 5) is 49.7. The van der Waals surface area contributed by atoms with E-state index >= 15 is 0 Å². The molecule has 0 unspecified atom stereocenters. The summed E-state index contributed by atoms with van der Waals surface area (Å²) in [5.74, 6) is -1.04. The molecule has 0 saturated heterocycles. The Hall–Kier alpha value is -3.49. The summed E-state index contributed by atoms with van der Waals surface area (Å²) in [6.45, 7) is 0.0852. The van der Waals surface area contributed by atoms with Gasteiger partial charge in [-0.3, -0.25) is 28.1 Å². The molecule has 8 nitrogen and oxygen atoms in total. The molecule has 2 heterocycles. The van der Waals surface area contributed by atoms with Gasteiger partial charge in [-0.05, 0) is 17.7 Å². The highest BCUT2D eigenvalue weighted by Gasteiger charge is 2.20. The first kappa shape index (κ1) is 18.3. The highest BCUT2D eigenvalue weighted by atomic mass is 19.1. The number of fused-ring (bicyclic) bond motifs is 1. The van der Waals surface area contributed by atoms with Gasteiger partial charge in [0.1, 0.15) is 11.5 Å². The lowest BCUT2D eigenvalue weighted by atomic mass is 10.1. The number of carbonyl (C=O) groups is 1. The van der Waals surface area contributed by atoms with Crippen molar-refractivity contribution in [2.45, 2.75) is 6.54 Å². The van der Waals surface area contributed by atoms with E-state index in [-0.39, 0.29) is 23.1 Å². The maximum Gasteiger partial charge on any atom is 0.332 e. The molecule has 27 heavy (non-hydrogen) atoms. The van der Waals surface area contributed by atoms with Crippen LogP contribution >= 0.6 is 0 Å². The van der Waals surface area contributed by atoms with E-state index in [0.717, 1.165) is 19.8 Å². The zero-order chi connectivity index (χ0) is 19.9. The van der Waals surface area contributed by atoms with E-state index in [1.807, 2.05) is 0 Å².